The van der Waals surface area contributed by atoms with Gasteiger partial charge < -0.3 is 0 Å². The monoisotopic (exact) mass is 718 g/mol. The average molecular weight is 722 g/mol. The van der Waals surface area contributed by atoms with Gasteiger partial charge in [0.1, 0.15) is 0 Å². The number of fused-ring (bicyclic) bond motifs is 4. The van der Waals surface area contributed by atoms with Crippen molar-refractivity contribution in [2.24, 2.45) is 0 Å². The van der Waals surface area contributed by atoms with Crippen LogP contribution in [0.1, 0.15) is 0 Å². The van der Waals surface area contributed by atoms with Crippen LogP contribution in [-0.4, -0.2) is 0 Å². The van der Waals surface area contributed by atoms with Gasteiger partial charge in [0.15, 0.2) is 10.9 Å². The Morgan fingerprint density at radius 1 is 0.389 bits per heavy atom. The summed E-state index contributed by atoms with van der Waals surface area (Å²) >= 11 is 15.4. The molecule has 0 spiro atoms. The Morgan fingerprint density at radius 2 is 0.944 bits per heavy atom. The van der Waals surface area contributed by atoms with Gasteiger partial charge in [-0.3, -0.25) is 9.59 Å². The second-order valence-electron chi connectivity index (χ2n) is 9.19. The second-order valence-corrected chi connectivity index (χ2v) is 12.4. The lowest BCUT2D eigenvalue weighted by Gasteiger charge is -2.22. The van der Waals surface area contributed by atoms with Gasteiger partial charge in [-0.2, -0.15) is 0 Å². The summed E-state index contributed by atoms with van der Waals surface area (Å²) in [5.74, 6) is 0. The van der Waals surface area contributed by atoms with E-state index >= 15 is 0 Å². The third kappa shape index (κ3) is 2.38. The highest BCUT2D eigenvalue weighted by atomic mass is 79.9. The molecule has 170 valence electrons. The second kappa shape index (κ2) is 7.13. The maximum absolute atomic E-state index is 13.8. The zero-order chi connectivity index (χ0) is 24.6. The average Bonchev–Trinajstić information content (AvgIpc) is 2.89. The van der Waals surface area contributed by atoms with Crippen LogP contribution in [0.25, 0.3) is 75.4 Å². The minimum absolute atomic E-state index is 0.00670. The highest BCUT2D eigenvalue weighted by Crippen LogP contribution is 2.53. The summed E-state index contributed by atoms with van der Waals surface area (Å²) in [6, 6.07) is 19.7. The molecule has 0 atom stereocenters. The fourth-order valence-corrected chi connectivity index (χ4v) is 8.93. The molecule has 0 aliphatic heterocycles. The summed E-state index contributed by atoms with van der Waals surface area (Å²) in [5.41, 5.74) is 0.00519. The fourth-order valence-electron chi connectivity index (χ4n) is 6.14. The van der Waals surface area contributed by atoms with E-state index in [1.807, 2.05) is 54.6 Å². The predicted octanol–water partition coefficient (Wildman–Crippen LogP) is 9.84. The van der Waals surface area contributed by atoms with Gasteiger partial charge in [-0.25, -0.2) is 0 Å². The van der Waals surface area contributed by atoms with Crippen molar-refractivity contribution < 1.29 is 0 Å². The topological polar surface area (TPSA) is 34.1 Å². The molecule has 0 aliphatic carbocycles. The van der Waals surface area contributed by atoms with Gasteiger partial charge in [0, 0.05) is 71.8 Å². The molecule has 6 heteroatoms. The minimum atomic E-state index is -0.00670. The minimum Gasteiger partial charge on any atom is -0.289 e. The van der Waals surface area contributed by atoms with E-state index in [0.29, 0.717) is 21.5 Å². The Bertz CT molecular complexity index is 2390. The maximum atomic E-state index is 13.8. The Kier molecular flexibility index (Phi) is 4.30. The van der Waals surface area contributed by atoms with Crippen LogP contribution in [0.4, 0.5) is 0 Å². The third-order valence-electron chi connectivity index (χ3n) is 7.57. The first-order valence-corrected chi connectivity index (χ1v) is 14.4. The molecule has 0 aromatic heterocycles. The van der Waals surface area contributed by atoms with Crippen LogP contribution in [0.5, 0.6) is 0 Å². The summed E-state index contributed by atoms with van der Waals surface area (Å²) in [4.78, 5) is 27.6. The van der Waals surface area contributed by atoms with Gasteiger partial charge in [0.05, 0.1) is 0 Å². The van der Waals surface area contributed by atoms with Crippen LogP contribution >= 0.6 is 63.7 Å². The molecule has 0 aliphatic rings. The third-order valence-corrected chi connectivity index (χ3v) is 11.1. The summed E-state index contributed by atoms with van der Waals surface area (Å²) in [5, 5.41) is 12.4. The smallest absolute Gasteiger partial charge is 0.195 e. The number of halogens is 4. The molecule has 0 unspecified atom stereocenters. The predicted molar refractivity (Wildman–Crippen MR) is 166 cm³/mol. The molecule has 0 N–H and O–H groups in total. The van der Waals surface area contributed by atoms with Crippen LogP contribution in [0, 0.1) is 0 Å². The molecule has 0 heterocycles. The van der Waals surface area contributed by atoms with Crippen molar-refractivity contribution >= 4 is 139 Å². The number of hydrogen-bond acceptors (Lipinski definition) is 2. The maximum Gasteiger partial charge on any atom is 0.195 e. The highest BCUT2D eigenvalue weighted by molar-refractivity contribution is 9.13. The molecule has 8 aromatic rings. The molecule has 0 saturated heterocycles. The molecule has 0 saturated carbocycles. The fraction of sp³-hybridized carbons (Fsp3) is 0. The molecule has 0 radical (unpaired) electrons. The van der Waals surface area contributed by atoms with Crippen LogP contribution in [-0.2, 0) is 0 Å². The summed E-state index contributed by atoms with van der Waals surface area (Å²) in [6.07, 6.45) is 0. The van der Waals surface area contributed by atoms with E-state index in [1.54, 1.807) is 0 Å². The van der Waals surface area contributed by atoms with Crippen molar-refractivity contribution in [1.29, 1.82) is 0 Å². The standard InChI is InChI=1S/C30H10Br4O2/c31-18-10-17-21-20-16(18)9-15-11-5-1-3-7-13(11)30(36)25-19(15)23(20)24(27(33)28(25)34)26(32)22(21)12-6-2-4-8-14(12)29(17)35/h1-10H. The van der Waals surface area contributed by atoms with Gasteiger partial charge in [0.2, 0.25) is 0 Å². The molecule has 0 bridgehead atoms. The van der Waals surface area contributed by atoms with E-state index in [-0.39, 0.29) is 10.9 Å². The normalized spacial score (nSPS) is 12.7. The van der Waals surface area contributed by atoms with Gasteiger partial charge in [0.25, 0.3) is 0 Å². The quantitative estimate of drug-likeness (QED) is 0.115. The van der Waals surface area contributed by atoms with Gasteiger partial charge in [-0.15, -0.1) is 0 Å². The molecule has 36 heavy (non-hydrogen) atoms. The number of benzene rings is 8. The van der Waals surface area contributed by atoms with E-state index in [4.69, 9.17) is 0 Å². The SMILES string of the molecule is O=c1c2ccccc2c2c(Br)c3c(Br)c(Br)c4c(=O)c5ccccc5c5cc6c(Br)cc1c2c6c3c45. The molecule has 8 rings (SSSR count). The Balaban J connectivity index is 1.90. The molecule has 2 nitrogen and oxygen atoms in total. The van der Waals surface area contributed by atoms with Crippen LogP contribution in [0.2, 0.25) is 0 Å². The van der Waals surface area contributed by atoms with Crippen molar-refractivity contribution in [3.8, 4) is 0 Å². The van der Waals surface area contributed by atoms with Crippen molar-refractivity contribution in [1.82, 2.24) is 0 Å². The van der Waals surface area contributed by atoms with E-state index in [1.165, 1.54) is 0 Å². The Hall–Kier alpha value is -2.38. The van der Waals surface area contributed by atoms with E-state index in [9.17, 15) is 9.59 Å². The zero-order valence-electron chi connectivity index (χ0n) is 18.1. The molecule has 0 amide bonds. The van der Waals surface area contributed by atoms with Crippen molar-refractivity contribution in [3.63, 3.8) is 0 Å². The number of rotatable bonds is 0. The Morgan fingerprint density at radius 3 is 1.67 bits per heavy atom. The van der Waals surface area contributed by atoms with Crippen LogP contribution in [0.15, 0.2) is 88.1 Å². The number of hydrogen-bond donors (Lipinski definition) is 0. The van der Waals surface area contributed by atoms with E-state index in [0.717, 1.165) is 71.8 Å². The van der Waals surface area contributed by atoms with Crippen molar-refractivity contribution in [2.45, 2.75) is 0 Å². The summed E-state index contributed by atoms with van der Waals surface area (Å²) in [7, 11) is 0. The first-order chi connectivity index (χ1) is 17.4. The van der Waals surface area contributed by atoms with E-state index < -0.39 is 0 Å². The summed E-state index contributed by atoms with van der Waals surface area (Å²) in [6.45, 7) is 0. The molecule has 8 aromatic carbocycles. The molecular formula is C30H10Br4O2. The lowest BCUT2D eigenvalue weighted by atomic mass is 9.84. The first kappa shape index (κ1) is 21.7. The van der Waals surface area contributed by atoms with Crippen molar-refractivity contribution in [2.75, 3.05) is 0 Å². The van der Waals surface area contributed by atoms with Gasteiger partial charge in [-0.05, 0) is 81.5 Å². The van der Waals surface area contributed by atoms with Gasteiger partial charge >= 0.3 is 0 Å². The summed E-state index contributed by atoms with van der Waals surface area (Å²) < 4.78 is 3.32. The van der Waals surface area contributed by atoms with Gasteiger partial charge in [-0.1, -0.05) is 64.5 Å². The lowest BCUT2D eigenvalue weighted by Crippen LogP contribution is -2.08. The largest absolute Gasteiger partial charge is 0.289 e. The molecular weight excluding hydrogens is 712 g/mol. The lowest BCUT2D eigenvalue weighted by molar-refractivity contribution is 1.67. The van der Waals surface area contributed by atoms with Crippen LogP contribution < -0.4 is 10.9 Å². The highest BCUT2D eigenvalue weighted by Gasteiger charge is 2.28. The van der Waals surface area contributed by atoms with E-state index in [2.05, 4.69) is 69.8 Å². The first-order valence-electron chi connectivity index (χ1n) is 11.2. The van der Waals surface area contributed by atoms with Crippen molar-refractivity contribution in [3.05, 3.63) is 99.0 Å². The Labute approximate surface area is 236 Å². The molecule has 0 fully saturated rings. The zero-order valence-corrected chi connectivity index (χ0v) is 24.4. The van der Waals surface area contributed by atoms with Crippen LogP contribution in [0.3, 0.4) is 0 Å².